The lowest BCUT2D eigenvalue weighted by Gasteiger charge is -2.31. The minimum atomic E-state index is -0.0388. The quantitative estimate of drug-likeness (QED) is 0.817. The van der Waals surface area contributed by atoms with Gasteiger partial charge in [-0.05, 0) is 49.4 Å². The Morgan fingerprint density at radius 3 is 2.77 bits per heavy atom. The molecule has 3 nitrogen and oxygen atoms in total. The number of piperidine rings is 1. The van der Waals surface area contributed by atoms with Crippen LogP contribution in [0.3, 0.4) is 0 Å². The summed E-state index contributed by atoms with van der Waals surface area (Å²) in [6.07, 6.45) is 2.35. The third-order valence-corrected chi connectivity index (χ3v) is 5.59. The zero-order valence-corrected chi connectivity index (χ0v) is 15.3. The number of thioether (sulfide) groups is 1. The molecule has 2 rings (SSSR count). The Kier molecular flexibility index (Phi) is 6.53. The largest absolute Gasteiger partial charge is 0.357 e. The molecule has 1 aromatic carbocycles. The van der Waals surface area contributed by atoms with Crippen molar-refractivity contribution >= 4 is 51.5 Å². The molecular formula is C16H21ClN2OS2. The van der Waals surface area contributed by atoms with Gasteiger partial charge in [-0.3, -0.25) is 4.79 Å². The van der Waals surface area contributed by atoms with Crippen LogP contribution in [0.5, 0.6) is 0 Å². The number of nitrogens with zero attached hydrogens (tertiary/aromatic N) is 1. The first-order valence-corrected chi connectivity index (χ1v) is 9.20. The maximum atomic E-state index is 12.0. The molecule has 0 aliphatic carbocycles. The molecule has 0 aromatic heterocycles. The third kappa shape index (κ3) is 5.14. The van der Waals surface area contributed by atoms with Crippen LogP contribution in [0.25, 0.3) is 0 Å². The van der Waals surface area contributed by atoms with Crippen LogP contribution in [0, 0.1) is 12.8 Å². The molecule has 120 valence electrons. The van der Waals surface area contributed by atoms with Crippen LogP contribution < -0.4 is 5.32 Å². The van der Waals surface area contributed by atoms with E-state index in [0.29, 0.717) is 10.8 Å². The topological polar surface area (TPSA) is 32.3 Å². The minimum absolute atomic E-state index is 0.0388. The molecule has 0 unspecified atom stereocenters. The summed E-state index contributed by atoms with van der Waals surface area (Å²) in [7, 11) is 0. The molecule has 6 heteroatoms. The Morgan fingerprint density at radius 1 is 1.45 bits per heavy atom. The summed E-state index contributed by atoms with van der Waals surface area (Å²) < 4.78 is 0.829. The van der Waals surface area contributed by atoms with Crippen LogP contribution in [0.1, 0.15) is 25.3 Å². The predicted molar refractivity (Wildman–Crippen MR) is 99.8 cm³/mol. The van der Waals surface area contributed by atoms with E-state index in [-0.39, 0.29) is 5.91 Å². The van der Waals surface area contributed by atoms with Gasteiger partial charge in [0.2, 0.25) is 5.91 Å². The van der Waals surface area contributed by atoms with Gasteiger partial charge >= 0.3 is 0 Å². The summed E-state index contributed by atoms with van der Waals surface area (Å²) >= 11 is 12.8. The Balaban J connectivity index is 1.79. The molecule has 1 aliphatic rings. The number of likely N-dealkylation sites (tertiary alicyclic amines) is 1. The van der Waals surface area contributed by atoms with Crippen LogP contribution in [0.2, 0.25) is 5.02 Å². The Bertz CT molecular complexity index is 557. The average molecular weight is 357 g/mol. The summed E-state index contributed by atoms with van der Waals surface area (Å²) in [6, 6.07) is 5.44. The van der Waals surface area contributed by atoms with E-state index < -0.39 is 0 Å². The average Bonchev–Trinajstić information content (AvgIpc) is 2.48. The molecule has 1 aromatic rings. The number of rotatable bonds is 3. The predicted octanol–water partition coefficient (Wildman–Crippen LogP) is 4.34. The summed E-state index contributed by atoms with van der Waals surface area (Å²) in [5.74, 6) is 1.08. The van der Waals surface area contributed by atoms with Crippen LogP contribution in [-0.2, 0) is 4.79 Å². The molecule has 1 aliphatic heterocycles. The van der Waals surface area contributed by atoms with E-state index in [1.165, 1.54) is 24.6 Å². The second kappa shape index (κ2) is 8.18. The fourth-order valence-electron chi connectivity index (χ4n) is 2.36. The van der Waals surface area contributed by atoms with E-state index in [9.17, 15) is 4.79 Å². The lowest BCUT2D eigenvalue weighted by molar-refractivity contribution is -0.113. The first kappa shape index (κ1) is 17.6. The van der Waals surface area contributed by atoms with E-state index >= 15 is 0 Å². The van der Waals surface area contributed by atoms with Crippen molar-refractivity contribution in [2.45, 2.75) is 26.7 Å². The van der Waals surface area contributed by atoms with Gasteiger partial charge in [0.25, 0.3) is 0 Å². The molecule has 0 radical (unpaired) electrons. The number of carbonyl (C=O) groups is 1. The van der Waals surface area contributed by atoms with E-state index in [1.807, 2.05) is 19.1 Å². The zero-order chi connectivity index (χ0) is 16.1. The monoisotopic (exact) mass is 356 g/mol. The van der Waals surface area contributed by atoms with Gasteiger partial charge in [0, 0.05) is 23.8 Å². The highest BCUT2D eigenvalue weighted by Gasteiger charge is 2.18. The lowest BCUT2D eigenvalue weighted by atomic mass is 10.00. The lowest BCUT2D eigenvalue weighted by Crippen LogP contribution is -2.36. The van der Waals surface area contributed by atoms with Crippen LogP contribution in [0.4, 0.5) is 5.69 Å². The van der Waals surface area contributed by atoms with Crippen LogP contribution in [0.15, 0.2) is 18.2 Å². The van der Waals surface area contributed by atoms with Crippen LogP contribution in [-0.4, -0.2) is 34.0 Å². The van der Waals surface area contributed by atoms with Crippen molar-refractivity contribution in [2.24, 2.45) is 5.92 Å². The van der Waals surface area contributed by atoms with Gasteiger partial charge in [0.1, 0.15) is 4.32 Å². The molecular weight excluding hydrogens is 336 g/mol. The van der Waals surface area contributed by atoms with E-state index in [4.69, 9.17) is 23.8 Å². The fourth-order valence-corrected chi connectivity index (χ4v) is 3.64. The Hall–Kier alpha value is -0.780. The minimum Gasteiger partial charge on any atom is -0.357 e. The van der Waals surface area contributed by atoms with Crippen molar-refractivity contribution in [1.29, 1.82) is 0 Å². The highest BCUT2D eigenvalue weighted by atomic mass is 35.5. The van der Waals surface area contributed by atoms with Crippen molar-refractivity contribution in [2.75, 3.05) is 24.2 Å². The zero-order valence-electron chi connectivity index (χ0n) is 12.9. The second-order valence-electron chi connectivity index (χ2n) is 5.73. The molecule has 1 amide bonds. The van der Waals surface area contributed by atoms with Gasteiger partial charge in [-0.1, -0.05) is 42.5 Å². The Morgan fingerprint density at radius 2 is 2.14 bits per heavy atom. The number of thiocarbonyl (C=S) groups is 1. The third-order valence-electron chi connectivity index (χ3n) is 3.83. The maximum Gasteiger partial charge on any atom is 0.234 e. The number of anilines is 1. The van der Waals surface area contributed by atoms with E-state index in [1.54, 1.807) is 6.07 Å². The molecule has 1 heterocycles. The van der Waals surface area contributed by atoms with Crippen molar-refractivity contribution in [3.63, 3.8) is 0 Å². The van der Waals surface area contributed by atoms with Gasteiger partial charge in [-0.2, -0.15) is 0 Å². The molecule has 1 fully saturated rings. The molecule has 0 spiro atoms. The van der Waals surface area contributed by atoms with Gasteiger partial charge < -0.3 is 10.2 Å². The highest BCUT2D eigenvalue weighted by molar-refractivity contribution is 8.23. The number of nitrogens with one attached hydrogen (secondary N) is 1. The molecule has 1 saturated heterocycles. The number of amides is 1. The van der Waals surface area contributed by atoms with Gasteiger partial charge in [0.15, 0.2) is 0 Å². The maximum absolute atomic E-state index is 12.0. The molecule has 1 N–H and O–H groups in total. The van der Waals surface area contributed by atoms with Crippen molar-refractivity contribution in [3.8, 4) is 0 Å². The number of hydrogen-bond acceptors (Lipinski definition) is 3. The molecule has 0 bridgehead atoms. The number of halogens is 1. The van der Waals surface area contributed by atoms with Gasteiger partial charge in [-0.15, -0.1) is 0 Å². The summed E-state index contributed by atoms with van der Waals surface area (Å²) in [6.45, 7) is 6.21. The van der Waals surface area contributed by atoms with Crippen LogP contribution >= 0.6 is 35.6 Å². The second-order valence-corrected chi connectivity index (χ2v) is 7.78. The van der Waals surface area contributed by atoms with Crippen molar-refractivity contribution in [1.82, 2.24) is 4.90 Å². The standard InChI is InChI=1S/C16H21ClN2OS2/c1-11-5-7-19(8-6-11)16(21)22-10-15(20)18-14-4-3-13(17)9-12(14)2/h3-4,9,11H,5-8,10H2,1-2H3,(H,18,20). The molecule has 0 atom stereocenters. The summed E-state index contributed by atoms with van der Waals surface area (Å²) in [5.41, 5.74) is 1.76. The molecule has 0 saturated carbocycles. The van der Waals surface area contributed by atoms with Crippen molar-refractivity contribution in [3.05, 3.63) is 28.8 Å². The first-order chi connectivity index (χ1) is 10.5. The van der Waals surface area contributed by atoms with Gasteiger partial charge in [0.05, 0.1) is 5.75 Å². The molecule has 22 heavy (non-hydrogen) atoms. The number of benzene rings is 1. The van der Waals surface area contributed by atoms with Crippen molar-refractivity contribution < 1.29 is 4.79 Å². The normalized spacial score (nSPS) is 15.7. The highest BCUT2D eigenvalue weighted by Crippen LogP contribution is 2.22. The summed E-state index contributed by atoms with van der Waals surface area (Å²) in [4.78, 5) is 14.3. The smallest absolute Gasteiger partial charge is 0.234 e. The Labute approximate surface area is 146 Å². The summed E-state index contributed by atoms with van der Waals surface area (Å²) in [5, 5.41) is 3.58. The number of aryl methyl sites for hydroxylation is 1. The van der Waals surface area contributed by atoms with E-state index in [2.05, 4.69) is 17.1 Å². The first-order valence-electron chi connectivity index (χ1n) is 7.43. The van der Waals surface area contributed by atoms with Gasteiger partial charge in [-0.25, -0.2) is 0 Å². The number of hydrogen-bond donors (Lipinski definition) is 1. The van der Waals surface area contributed by atoms with E-state index in [0.717, 1.165) is 34.6 Å². The SMILES string of the molecule is Cc1cc(Cl)ccc1NC(=O)CSC(=S)N1CCC(C)CC1. The fraction of sp³-hybridized carbons (Fsp3) is 0.500. The number of carbonyl (C=O) groups excluding carboxylic acids is 1.